The second-order valence-electron chi connectivity index (χ2n) is 6.34. The lowest BCUT2D eigenvalue weighted by molar-refractivity contribution is -0.130. The third-order valence-corrected chi connectivity index (χ3v) is 4.90. The second-order valence-corrected chi connectivity index (χ2v) is 7.19. The highest BCUT2D eigenvalue weighted by atomic mass is 35.5. The fraction of sp³-hybridized carbons (Fsp3) is 0.556. The molecule has 138 valence electrons. The molecule has 1 unspecified atom stereocenters. The van der Waals surface area contributed by atoms with E-state index in [4.69, 9.17) is 28.9 Å². The van der Waals surface area contributed by atoms with E-state index in [0.717, 1.165) is 44.3 Å². The van der Waals surface area contributed by atoms with Crippen LogP contribution in [0.1, 0.15) is 50.6 Å². The Morgan fingerprint density at radius 1 is 1.36 bits per heavy atom. The molecule has 0 bridgehead atoms. The van der Waals surface area contributed by atoms with Crippen molar-refractivity contribution in [2.45, 2.75) is 45.1 Å². The molecule has 1 amide bonds. The van der Waals surface area contributed by atoms with E-state index in [2.05, 4.69) is 10.3 Å². The van der Waals surface area contributed by atoms with Gasteiger partial charge in [0.05, 0.1) is 6.04 Å². The van der Waals surface area contributed by atoms with Gasteiger partial charge in [0.15, 0.2) is 5.96 Å². The normalized spacial score (nSPS) is 17.3. The molecule has 0 aliphatic carbocycles. The second kappa shape index (κ2) is 9.88. The summed E-state index contributed by atoms with van der Waals surface area (Å²) in [5.74, 6) is 0.638. The number of rotatable bonds is 6. The van der Waals surface area contributed by atoms with Crippen molar-refractivity contribution < 1.29 is 4.79 Å². The fourth-order valence-corrected chi connectivity index (χ4v) is 3.51. The summed E-state index contributed by atoms with van der Waals surface area (Å²) in [6.07, 6.45) is 4.73. The van der Waals surface area contributed by atoms with Crippen molar-refractivity contribution in [3.63, 3.8) is 0 Å². The first-order chi connectivity index (χ1) is 12.0. The number of aliphatic imine (C=N–C) groups is 1. The van der Waals surface area contributed by atoms with Gasteiger partial charge < -0.3 is 16.0 Å². The monoisotopic (exact) mass is 384 g/mol. The minimum absolute atomic E-state index is 0.0688. The van der Waals surface area contributed by atoms with E-state index in [-0.39, 0.29) is 11.9 Å². The maximum atomic E-state index is 11.9. The smallest absolute Gasteiger partial charge is 0.222 e. The van der Waals surface area contributed by atoms with Crippen LogP contribution >= 0.6 is 23.2 Å². The molecule has 1 aliphatic rings. The van der Waals surface area contributed by atoms with Crippen LogP contribution in [0.3, 0.4) is 0 Å². The van der Waals surface area contributed by atoms with E-state index in [1.807, 2.05) is 17.9 Å². The predicted octanol–water partition coefficient (Wildman–Crippen LogP) is 3.75. The lowest BCUT2D eigenvalue weighted by atomic mass is 10.1. The van der Waals surface area contributed by atoms with E-state index in [0.29, 0.717) is 29.0 Å². The largest absolute Gasteiger partial charge is 0.370 e. The number of benzene rings is 1. The Balaban J connectivity index is 1.78. The molecule has 1 saturated heterocycles. The average Bonchev–Trinajstić information content (AvgIpc) is 2.76. The number of carbonyl (C=O) groups is 1. The number of likely N-dealkylation sites (tertiary alicyclic amines) is 1. The molecule has 2 rings (SSSR count). The highest BCUT2D eigenvalue weighted by Crippen LogP contribution is 2.25. The predicted molar refractivity (Wildman–Crippen MR) is 104 cm³/mol. The van der Waals surface area contributed by atoms with Gasteiger partial charge in [-0.05, 0) is 43.9 Å². The number of amides is 1. The summed E-state index contributed by atoms with van der Waals surface area (Å²) < 4.78 is 0. The molecule has 0 spiro atoms. The van der Waals surface area contributed by atoms with Crippen LogP contribution in [0.4, 0.5) is 0 Å². The zero-order valence-electron chi connectivity index (χ0n) is 14.6. The maximum Gasteiger partial charge on any atom is 0.222 e. The van der Waals surface area contributed by atoms with Crippen LogP contribution in [0.2, 0.25) is 10.0 Å². The molecular formula is C18H26Cl2N4O. The van der Waals surface area contributed by atoms with Gasteiger partial charge in [0, 0.05) is 36.1 Å². The fourth-order valence-electron chi connectivity index (χ4n) is 2.93. The molecule has 5 nitrogen and oxygen atoms in total. The van der Waals surface area contributed by atoms with E-state index >= 15 is 0 Å². The molecule has 0 aromatic heterocycles. The minimum Gasteiger partial charge on any atom is -0.370 e. The lowest BCUT2D eigenvalue weighted by Crippen LogP contribution is -2.34. The summed E-state index contributed by atoms with van der Waals surface area (Å²) >= 11 is 12.1. The number of halogens is 2. The first-order valence-electron chi connectivity index (χ1n) is 8.76. The van der Waals surface area contributed by atoms with Crippen LogP contribution < -0.4 is 11.1 Å². The average molecular weight is 385 g/mol. The van der Waals surface area contributed by atoms with Crippen LogP contribution in [0.15, 0.2) is 23.2 Å². The topological polar surface area (TPSA) is 70.7 Å². The molecule has 1 aliphatic heterocycles. The van der Waals surface area contributed by atoms with Gasteiger partial charge in [-0.2, -0.15) is 0 Å². The summed E-state index contributed by atoms with van der Waals surface area (Å²) in [6.45, 7) is 4.16. The lowest BCUT2D eigenvalue weighted by Gasteiger charge is -2.20. The Hall–Kier alpha value is -1.46. The van der Waals surface area contributed by atoms with E-state index in [1.54, 1.807) is 12.1 Å². The highest BCUT2D eigenvalue weighted by molar-refractivity contribution is 6.35. The minimum atomic E-state index is -0.0688. The molecule has 1 atom stereocenters. The van der Waals surface area contributed by atoms with Crippen molar-refractivity contribution in [2.75, 3.05) is 19.6 Å². The van der Waals surface area contributed by atoms with Crippen molar-refractivity contribution in [1.29, 1.82) is 0 Å². The Bertz CT molecular complexity index is 621. The summed E-state index contributed by atoms with van der Waals surface area (Å²) in [7, 11) is 0. The molecule has 0 saturated carbocycles. The Kier molecular flexibility index (Phi) is 7.85. The van der Waals surface area contributed by atoms with E-state index in [1.165, 1.54) is 0 Å². The number of hydrogen-bond donors (Lipinski definition) is 2. The van der Waals surface area contributed by atoms with Crippen molar-refractivity contribution in [3.8, 4) is 0 Å². The number of hydrogen-bond acceptors (Lipinski definition) is 2. The van der Waals surface area contributed by atoms with Crippen LogP contribution in [0, 0.1) is 0 Å². The highest BCUT2D eigenvalue weighted by Gasteiger charge is 2.15. The standard InChI is InChI=1S/C18H26Cl2N4O/c1-13(15-8-7-14(19)12-16(15)20)23-18(21)22-9-5-11-24-10-4-2-3-6-17(24)25/h7-8,12-13H,2-6,9-11H2,1H3,(H3,21,22,23). The van der Waals surface area contributed by atoms with Crippen molar-refractivity contribution in [1.82, 2.24) is 10.2 Å². The zero-order valence-corrected chi connectivity index (χ0v) is 16.1. The van der Waals surface area contributed by atoms with Crippen LogP contribution in [0.5, 0.6) is 0 Å². The van der Waals surface area contributed by atoms with Gasteiger partial charge in [0.25, 0.3) is 0 Å². The first kappa shape index (κ1) is 19.9. The molecule has 1 heterocycles. The van der Waals surface area contributed by atoms with Crippen molar-refractivity contribution in [3.05, 3.63) is 33.8 Å². The van der Waals surface area contributed by atoms with Crippen molar-refractivity contribution >= 4 is 35.1 Å². The van der Waals surface area contributed by atoms with Crippen LogP contribution in [-0.4, -0.2) is 36.4 Å². The third kappa shape index (κ3) is 6.40. The van der Waals surface area contributed by atoms with Gasteiger partial charge >= 0.3 is 0 Å². The summed E-state index contributed by atoms with van der Waals surface area (Å²) in [5.41, 5.74) is 6.87. The molecule has 1 fully saturated rings. The Labute approximate surface area is 159 Å². The molecular weight excluding hydrogens is 359 g/mol. The van der Waals surface area contributed by atoms with Gasteiger partial charge in [-0.3, -0.25) is 9.79 Å². The van der Waals surface area contributed by atoms with Gasteiger partial charge in [0.2, 0.25) is 5.91 Å². The number of guanidine groups is 1. The van der Waals surface area contributed by atoms with E-state index < -0.39 is 0 Å². The van der Waals surface area contributed by atoms with Crippen molar-refractivity contribution in [2.24, 2.45) is 10.7 Å². The van der Waals surface area contributed by atoms with E-state index in [9.17, 15) is 4.79 Å². The van der Waals surface area contributed by atoms with Gasteiger partial charge in [-0.1, -0.05) is 35.7 Å². The molecule has 1 aromatic rings. The first-order valence-corrected chi connectivity index (χ1v) is 9.52. The molecule has 1 aromatic carbocycles. The van der Waals surface area contributed by atoms with Crippen LogP contribution in [-0.2, 0) is 4.79 Å². The third-order valence-electron chi connectivity index (χ3n) is 4.33. The SMILES string of the molecule is CC(NC(N)=NCCCN1CCCCCC1=O)c1ccc(Cl)cc1Cl. The van der Waals surface area contributed by atoms with Gasteiger partial charge in [0.1, 0.15) is 0 Å². The molecule has 7 heteroatoms. The summed E-state index contributed by atoms with van der Waals surface area (Å²) in [5, 5.41) is 4.33. The van der Waals surface area contributed by atoms with Gasteiger partial charge in [-0.25, -0.2) is 0 Å². The number of nitrogens with two attached hydrogens (primary N) is 1. The molecule has 3 N–H and O–H groups in total. The number of carbonyl (C=O) groups excluding carboxylic acids is 1. The summed E-state index contributed by atoms with van der Waals surface area (Å²) in [6, 6.07) is 5.32. The quantitative estimate of drug-likeness (QED) is 0.445. The molecule has 25 heavy (non-hydrogen) atoms. The number of nitrogens with zero attached hydrogens (tertiary/aromatic N) is 2. The molecule has 0 radical (unpaired) electrons. The Morgan fingerprint density at radius 2 is 2.16 bits per heavy atom. The van der Waals surface area contributed by atoms with Crippen LogP contribution in [0.25, 0.3) is 0 Å². The maximum absolute atomic E-state index is 11.9. The summed E-state index contributed by atoms with van der Waals surface area (Å²) in [4.78, 5) is 18.2. The Morgan fingerprint density at radius 3 is 2.92 bits per heavy atom. The van der Waals surface area contributed by atoms with Gasteiger partial charge in [-0.15, -0.1) is 0 Å². The zero-order chi connectivity index (χ0) is 18.2. The number of nitrogens with one attached hydrogen (secondary N) is 1.